The van der Waals surface area contributed by atoms with Gasteiger partial charge >= 0.3 is 6.03 Å². The third kappa shape index (κ3) is 7.42. The highest BCUT2D eigenvalue weighted by Gasteiger charge is 2.33. The molecule has 1 fully saturated rings. The summed E-state index contributed by atoms with van der Waals surface area (Å²) in [4.78, 5) is 35.2. The number of rotatable bonds is 10. The lowest BCUT2D eigenvalue weighted by molar-refractivity contribution is -0.118. The van der Waals surface area contributed by atoms with Crippen LogP contribution in [0.4, 0.5) is 10.5 Å². The third-order valence-corrected chi connectivity index (χ3v) is 8.39. The number of nitrogens with zero attached hydrogens (tertiary/aromatic N) is 2. The second-order valence-corrected chi connectivity index (χ2v) is 12.4. The first-order chi connectivity index (χ1) is 21.2. The number of hydrogen-bond donors (Lipinski definition) is 3. The maximum absolute atomic E-state index is 14.2. The van der Waals surface area contributed by atoms with Crippen LogP contribution in [0.3, 0.4) is 0 Å². The molecule has 0 radical (unpaired) electrons. The molecule has 44 heavy (non-hydrogen) atoms. The standard InChI is InChI=1S/C36H45N5O3/c1-24(2)44-33-16-15-26(23-40(4)5)21-32(33)38-35(42)34(25(3)30-22-37-31-14-10-9-13-29(30)31)39-36(43)41-19-17-28(18-20-41)27-11-7-6-8-12-27/h6-16,21-22,24-25,28,34,37H,17-20,23H2,1-5H3,(H,38,42)(H,39,43)/t25-,34+/m0/s1. The zero-order valence-electron chi connectivity index (χ0n) is 26.5. The van der Waals surface area contributed by atoms with Crippen LogP contribution in [-0.4, -0.2) is 66.1 Å². The van der Waals surface area contributed by atoms with E-state index in [1.807, 2.05) is 94.5 Å². The summed E-state index contributed by atoms with van der Waals surface area (Å²) >= 11 is 0. The fourth-order valence-electron chi connectivity index (χ4n) is 6.14. The molecular formula is C36H45N5O3. The van der Waals surface area contributed by atoms with Gasteiger partial charge in [0.15, 0.2) is 0 Å². The number of piperidine rings is 1. The lowest BCUT2D eigenvalue weighted by Gasteiger charge is -2.34. The summed E-state index contributed by atoms with van der Waals surface area (Å²) in [6.45, 7) is 7.91. The molecule has 1 aromatic heterocycles. The van der Waals surface area contributed by atoms with Gasteiger partial charge in [0.2, 0.25) is 5.91 Å². The summed E-state index contributed by atoms with van der Waals surface area (Å²) in [5.41, 5.74) is 4.93. The lowest BCUT2D eigenvalue weighted by atomic mass is 9.89. The predicted octanol–water partition coefficient (Wildman–Crippen LogP) is 6.72. The molecule has 3 N–H and O–H groups in total. The van der Waals surface area contributed by atoms with E-state index >= 15 is 0 Å². The van der Waals surface area contributed by atoms with Crippen molar-refractivity contribution < 1.29 is 14.3 Å². The van der Waals surface area contributed by atoms with E-state index in [0.29, 0.717) is 30.4 Å². The topological polar surface area (TPSA) is 89.7 Å². The fourth-order valence-corrected chi connectivity index (χ4v) is 6.14. The van der Waals surface area contributed by atoms with Crippen molar-refractivity contribution >= 4 is 28.5 Å². The van der Waals surface area contributed by atoms with Gasteiger partial charge in [-0.3, -0.25) is 4.79 Å². The largest absolute Gasteiger partial charge is 0.489 e. The Morgan fingerprint density at radius 2 is 1.68 bits per heavy atom. The maximum atomic E-state index is 14.2. The minimum atomic E-state index is -0.821. The van der Waals surface area contributed by atoms with Crippen molar-refractivity contribution in [3.63, 3.8) is 0 Å². The molecule has 2 heterocycles. The molecule has 3 amide bonds. The molecule has 4 aromatic rings. The van der Waals surface area contributed by atoms with Crippen molar-refractivity contribution in [1.29, 1.82) is 0 Å². The number of nitrogens with one attached hydrogen (secondary N) is 3. The minimum Gasteiger partial charge on any atom is -0.489 e. The normalized spacial score (nSPS) is 15.4. The van der Waals surface area contributed by atoms with Gasteiger partial charge in [-0.1, -0.05) is 61.5 Å². The number of amides is 3. The molecule has 2 atom stereocenters. The highest BCUT2D eigenvalue weighted by Crippen LogP contribution is 2.32. The Hall–Kier alpha value is -4.30. The first-order valence-corrected chi connectivity index (χ1v) is 15.6. The molecule has 0 bridgehead atoms. The molecule has 0 saturated carbocycles. The Kier molecular flexibility index (Phi) is 9.90. The number of ether oxygens (including phenoxy) is 1. The number of H-pyrrole nitrogens is 1. The SMILES string of the molecule is CC(C)Oc1ccc(CN(C)C)cc1NC(=O)[C@H](NC(=O)N1CCC(c2ccccc2)CC1)[C@@H](C)c1c[nH]c2ccccc12. The molecular weight excluding hydrogens is 550 g/mol. The van der Waals surface area contributed by atoms with Crippen molar-refractivity contribution in [2.75, 3.05) is 32.5 Å². The highest BCUT2D eigenvalue weighted by atomic mass is 16.5. The van der Waals surface area contributed by atoms with Crippen LogP contribution in [0.1, 0.15) is 62.1 Å². The van der Waals surface area contributed by atoms with E-state index < -0.39 is 6.04 Å². The Labute approximate surface area is 260 Å². The van der Waals surface area contributed by atoms with Crippen LogP contribution in [0.25, 0.3) is 10.9 Å². The molecule has 5 rings (SSSR count). The third-order valence-electron chi connectivity index (χ3n) is 8.39. The van der Waals surface area contributed by atoms with Crippen LogP contribution in [0.15, 0.2) is 79.0 Å². The van der Waals surface area contributed by atoms with E-state index in [4.69, 9.17) is 4.74 Å². The van der Waals surface area contributed by atoms with Crippen LogP contribution >= 0.6 is 0 Å². The van der Waals surface area contributed by atoms with E-state index in [-0.39, 0.29) is 24.0 Å². The van der Waals surface area contributed by atoms with Gasteiger partial charge in [0.05, 0.1) is 11.8 Å². The summed E-state index contributed by atoms with van der Waals surface area (Å²) in [7, 11) is 4.02. The molecule has 1 saturated heterocycles. The van der Waals surface area contributed by atoms with Gasteiger partial charge in [-0.15, -0.1) is 0 Å². The Balaban J connectivity index is 1.39. The first-order valence-electron chi connectivity index (χ1n) is 15.6. The monoisotopic (exact) mass is 595 g/mol. The number of likely N-dealkylation sites (tertiary alicyclic amines) is 1. The first kappa shape index (κ1) is 31.1. The van der Waals surface area contributed by atoms with E-state index in [9.17, 15) is 9.59 Å². The molecule has 232 valence electrons. The number of fused-ring (bicyclic) bond motifs is 1. The van der Waals surface area contributed by atoms with Crippen LogP contribution in [0.2, 0.25) is 0 Å². The van der Waals surface area contributed by atoms with E-state index in [2.05, 4.69) is 44.8 Å². The van der Waals surface area contributed by atoms with Crippen molar-refractivity contribution in [3.8, 4) is 5.75 Å². The quantitative estimate of drug-likeness (QED) is 0.190. The lowest BCUT2D eigenvalue weighted by Crippen LogP contribution is -2.53. The van der Waals surface area contributed by atoms with E-state index in [0.717, 1.165) is 41.4 Å². The molecule has 0 aliphatic carbocycles. The number of benzene rings is 3. The maximum Gasteiger partial charge on any atom is 0.318 e. The second-order valence-electron chi connectivity index (χ2n) is 12.4. The van der Waals surface area contributed by atoms with Crippen LogP contribution in [-0.2, 0) is 11.3 Å². The number of carbonyl (C=O) groups is 2. The van der Waals surface area contributed by atoms with E-state index in [1.165, 1.54) is 5.56 Å². The van der Waals surface area contributed by atoms with Gasteiger partial charge in [-0.25, -0.2) is 4.79 Å². The van der Waals surface area contributed by atoms with Crippen molar-refractivity contribution in [3.05, 3.63) is 95.7 Å². The Morgan fingerprint density at radius 1 is 0.977 bits per heavy atom. The Morgan fingerprint density at radius 3 is 2.39 bits per heavy atom. The Bertz CT molecular complexity index is 1560. The van der Waals surface area contributed by atoms with Gasteiger partial charge < -0.3 is 30.2 Å². The summed E-state index contributed by atoms with van der Waals surface area (Å²) in [5, 5.41) is 7.30. The summed E-state index contributed by atoms with van der Waals surface area (Å²) < 4.78 is 6.07. The van der Waals surface area contributed by atoms with Crippen LogP contribution in [0, 0.1) is 0 Å². The van der Waals surface area contributed by atoms with Gasteiger partial charge in [-0.2, -0.15) is 0 Å². The molecule has 1 aliphatic heterocycles. The number of carbonyl (C=O) groups excluding carboxylic acids is 2. The van der Waals surface area contributed by atoms with Gasteiger partial charge in [0.25, 0.3) is 0 Å². The fraction of sp³-hybridized carbons (Fsp3) is 0.389. The molecule has 8 heteroatoms. The smallest absolute Gasteiger partial charge is 0.318 e. The number of aromatic nitrogens is 1. The number of urea groups is 1. The summed E-state index contributed by atoms with van der Waals surface area (Å²) in [6.07, 6.45) is 3.66. The molecule has 0 spiro atoms. The average molecular weight is 596 g/mol. The zero-order valence-corrected chi connectivity index (χ0v) is 26.5. The van der Waals surface area contributed by atoms with Crippen LogP contribution in [0.5, 0.6) is 5.75 Å². The summed E-state index contributed by atoms with van der Waals surface area (Å²) in [5.74, 6) is 0.435. The minimum absolute atomic E-state index is 0.0650. The van der Waals surface area contributed by atoms with Gasteiger partial charge in [0.1, 0.15) is 11.8 Å². The van der Waals surface area contributed by atoms with Gasteiger partial charge in [-0.05, 0) is 81.6 Å². The zero-order chi connectivity index (χ0) is 31.2. The number of anilines is 1. The molecule has 8 nitrogen and oxygen atoms in total. The average Bonchev–Trinajstić information content (AvgIpc) is 3.45. The van der Waals surface area contributed by atoms with Crippen LogP contribution < -0.4 is 15.4 Å². The summed E-state index contributed by atoms with van der Waals surface area (Å²) in [6, 6.07) is 23.4. The van der Waals surface area contributed by atoms with Crippen molar-refractivity contribution in [2.24, 2.45) is 0 Å². The van der Waals surface area contributed by atoms with Crippen molar-refractivity contribution in [2.45, 2.75) is 64.1 Å². The van der Waals surface area contributed by atoms with Gasteiger partial charge in [0, 0.05) is 42.7 Å². The second kappa shape index (κ2) is 14.0. The van der Waals surface area contributed by atoms with Crippen molar-refractivity contribution in [1.82, 2.24) is 20.1 Å². The predicted molar refractivity (Wildman–Crippen MR) is 177 cm³/mol. The number of aromatic amines is 1. The number of para-hydroxylation sites is 1. The highest BCUT2D eigenvalue weighted by molar-refractivity contribution is 5.99. The molecule has 3 aromatic carbocycles. The number of hydrogen-bond acceptors (Lipinski definition) is 4. The van der Waals surface area contributed by atoms with E-state index in [1.54, 1.807) is 0 Å². The molecule has 0 unspecified atom stereocenters. The molecule has 1 aliphatic rings.